The molecule has 0 saturated carbocycles. The van der Waals surface area contributed by atoms with Gasteiger partial charge >= 0.3 is 0 Å². The van der Waals surface area contributed by atoms with Crippen LogP contribution in [0.15, 0.2) is 60.1 Å². The van der Waals surface area contributed by atoms with Gasteiger partial charge in [0.05, 0.1) is 16.1 Å². The minimum atomic E-state index is 0. The smallest absolute Gasteiger partial charge is 0.225 e. The van der Waals surface area contributed by atoms with E-state index in [-0.39, 0.29) is 55.0 Å². The van der Waals surface area contributed by atoms with Gasteiger partial charge in [0.15, 0.2) is 12.2 Å². The second-order valence-corrected chi connectivity index (χ2v) is 9.46. The summed E-state index contributed by atoms with van der Waals surface area (Å²) in [6, 6.07) is 7.98. The Labute approximate surface area is 252 Å². The van der Waals surface area contributed by atoms with Gasteiger partial charge in [-0.05, 0) is 30.7 Å². The zero-order chi connectivity index (χ0) is 23.9. The Kier molecular flexibility index (Phi) is 22.8. The fraction of sp³-hybridized carbons (Fsp3) is 0.333. The van der Waals surface area contributed by atoms with Crippen LogP contribution < -0.4 is 17.0 Å². The van der Waals surface area contributed by atoms with Crippen LogP contribution in [0.3, 0.4) is 0 Å². The van der Waals surface area contributed by atoms with Crippen LogP contribution >= 0.6 is 68.0 Å². The van der Waals surface area contributed by atoms with Crippen molar-refractivity contribution in [1.82, 2.24) is 15.0 Å². The number of aliphatic hydroxyl groups is 2. The monoisotopic (exact) mass is 700 g/mol. The van der Waals surface area contributed by atoms with Crippen LogP contribution in [0.5, 0.6) is 0 Å². The van der Waals surface area contributed by atoms with Crippen LogP contribution in [0.2, 0.25) is 0 Å². The molecule has 4 aromatic rings. The molecule has 0 aromatic carbocycles. The van der Waals surface area contributed by atoms with Crippen LogP contribution in [0, 0.1) is 13.8 Å². The average molecular weight is 703 g/mol. The lowest BCUT2D eigenvalue weighted by Gasteiger charge is -1.96. The van der Waals surface area contributed by atoms with Crippen molar-refractivity contribution in [3.63, 3.8) is 0 Å². The first-order valence-corrected chi connectivity index (χ1v) is 13.4. The molecular weight excluding hydrogens is 671 g/mol. The number of nitrogens with zero attached hydrogens (tertiary/aromatic N) is 4. The fourth-order valence-electron chi connectivity index (χ4n) is 2.78. The van der Waals surface area contributed by atoms with Crippen molar-refractivity contribution < 1.29 is 27.2 Å². The number of rotatable bonds is 7. The van der Waals surface area contributed by atoms with E-state index in [0.29, 0.717) is 0 Å². The average Bonchev–Trinajstić information content (AvgIpc) is 3.42. The minimum absolute atomic E-state index is 0. The Morgan fingerprint density at radius 3 is 1.94 bits per heavy atom. The molecular formula is C24H32Br2Cl2N4O2S2. The highest BCUT2D eigenvalue weighted by Gasteiger charge is 2.14. The summed E-state index contributed by atoms with van der Waals surface area (Å²) in [5, 5.41) is 18.4. The summed E-state index contributed by atoms with van der Waals surface area (Å²) in [5.74, 6) is 0. The number of aromatic nitrogens is 4. The van der Waals surface area contributed by atoms with Gasteiger partial charge in [-0.1, -0.05) is 33.3 Å². The quantitative estimate of drug-likeness (QED) is 0.228. The van der Waals surface area contributed by atoms with E-state index in [4.69, 9.17) is 10.2 Å². The van der Waals surface area contributed by atoms with Crippen molar-refractivity contribution in [2.24, 2.45) is 0 Å². The lowest BCUT2D eigenvalue weighted by atomic mass is 10.2. The summed E-state index contributed by atoms with van der Waals surface area (Å²) < 4.78 is 2.20. The van der Waals surface area contributed by atoms with E-state index in [9.17, 15) is 0 Å². The van der Waals surface area contributed by atoms with Crippen molar-refractivity contribution in [3.8, 4) is 0 Å². The number of halogens is 4. The normalized spacial score (nSPS) is 9.25. The molecule has 0 radical (unpaired) electrons. The lowest BCUT2D eigenvalue weighted by Crippen LogP contribution is -3.00. The van der Waals surface area contributed by atoms with E-state index in [2.05, 4.69) is 53.9 Å². The highest BCUT2D eigenvalue weighted by Crippen LogP contribution is 2.12. The van der Waals surface area contributed by atoms with Gasteiger partial charge in [0, 0.05) is 73.5 Å². The van der Waals surface area contributed by atoms with Gasteiger partial charge in [0.25, 0.3) is 0 Å². The molecule has 200 valence electrons. The molecule has 0 fully saturated rings. The third kappa shape index (κ3) is 13.5. The Morgan fingerprint density at radius 2 is 1.50 bits per heavy atom. The van der Waals surface area contributed by atoms with Gasteiger partial charge in [0.1, 0.15) is 0 Å². The zero-order valence-electron chi connectivity index (χ0n) is 20.1. The topological polar surface area (TPSA) is 83.0 Å². The van der Waals surface area contributed by atoms with E-state index in [1.165, 1.54) is 26.6 Å². The van der Waals surface area contributed by atoms with Gasteiger partial charge in [-0.2, -0.15) is 4.57 Å². The molecule has 36 heavy (non-hydrogen) atoms. The van der Waals surface area contributed by atoms with E-state index in [0.717, 1.165) is 30.4 Å². The van der Waals surface area contributed by atoms with Crippen LogP contribution in [-0.2, 0) is 24.7 Å². The maximum atomic E-state index is 8.93. The van der Waals surface area contributed by atoms with E-state index < -0.39 is 0 Å². The van der Waals surface area contributed by atoms with Gasteiger partial charge in [-0.15, -0.1) is 40.7 Å². The largest absolute Gasteiger partial charge is 1.00 e. The summed E-state index contributed by atoms with van der Waals surface area (Å²) in [4.78, 5) is 14.5. The second-order valence-electron chi connectivity index (χ2n) is 7.02. The predicted octanol–water partition coefficient (Wildman–Crippen LogP) is 2.29. The number of pyridine rings is 2. The number of hydrogen-bond acceptors (Lipinski definition) is 7. The van der Waals surface area contributed by atoms with Gasteiger partial charge < -0.3 is 22.6 Å². The van der Waals surface area contributed by atoms with Gasteiger partial charge in [-0.3, -0.25) is 9.97 Å². The first-order chi connectivity index (χ1) is 16.1. The molecule has 0 spiro atoms. The number of aryl methyl sites for hydroxylation is 1. The molecule has 4 aromatic heterocycles. The highest BCUT2D eigenvalue weighted by molar-refractivity contribution is 9.08. The van der Waals surface area contributed by atoms with Crippen molar-refractivity contribution in [2.75, 3.05) is 13.2 Å². The number of alkyl halides is 1. The summed E-state index contributed by atoms with van der Waals surface area (Å²) >= 11 is 6.62. The van der Waals surface area contributed by atoms with Crippen molar-refractivity contribution >= 4 is 68.0 Å². The molecule has 0 unspecified atom stereocenters. The molecule has 0 aliphatic carbocycles. The zero-order valence-corrected chi connectivity index (χ0v) is 26.6. The van der Waals surface area contributed by atoms with Crippen LogP contribution in [0.1, 0.15) is 32.3 Å². The highest BCUT2D eigenvalue weighted by atomic mass is 79.9. The SMILES string of the molecule is Br.BrCc1cccnc1.Cc1c(CCO)sc[n+]1Cc1cccnc1.Cc1ncsc1CCO.Cl.[Cl-]. The van der Waals surface area contributed by atoms with Crippen LogP contribution in [-0.4, -0.2) is 38.4 Å². The van der Waals surface area contributed by atoms with E-state index >= 15 is 0 Å². The summed E-state index contributed by atoms with van der Waals surface area (Å²) in [7, 11) is 0. The molecule has 4 heterocycles. The number of thiazole rings is 2. The molecule has 0 aliphatic rings. The van der Waals surface area contributed by atoms with E-state index in [1.54, 1.807) is 40.6 Å². The van der Waals surface area contributed by atoms with E-state index in [1.807, 2.05) is 37.5 Å². The molecule has 6 nitrogen and oxygen atoms in total. The number of aliphatic hydroxyl groups excluding tert-OH is 2. The molecule has 4 rings (SSSR count). The molecule has 2 N–H and O–H groups in total. The Balaban J connectivity index is 0. The third-order valence-electron chi connectivity index (χ3n) is 4.63. The minimum Gasteiger partial charge on any atom is -1.00 e. The van der Waals surface area contributed by atoms with Crippen molar-refractivity contribution in [2.45, 2.75) is 38.6 Å². The molecule has 0 aliphatic heterocycles. The molecule has 0 bridgehead atoms. The summed E-state index contributed by atoms with van der Waals surface area (Å²) in [6.07, 6.45) is 8.77. The van der Waals surface area contributed by atoms with Gasteiger partial charge in [-0.25, -0.2) is 4.98 Å². The first kappa shape index (κ1) is 37.2. The third-order valence-corrected chi connectivity index (χ3v) is 7.42. The maximum absolute atomic E-state index is 8.93. The fourth-order valence-corrected chi connectivity index (χ4v) is 4.87. The molecule has 0 atom stereocenters. The maximum Gasteiger partial charge on any atom is 0.225 e. The van der Waals surface area contributed by atoms with Gasteiger partial charge in [0.2, 0.25) is 5.51 Å². The standard InChI is InChI=1S/C12H15N2OS.C6H6BrN.C6H9NOS.BrH.2ClH/c1-10-12(4-6-15)16-9-14(10)8-11-3-2-5-13-7-11;7-4-6-2-1-3-8-5-6;1-5-6(2-3-8)9-4-7-5;;;/h2-3,5,7,9,15H,4,6,8H2,1H3;1-3,5H,4H2;4,8H,2-3H2,1H3;3*1H/q+1;;;;;/p-1. The Morgan fingerprint density at radius 1 is 0.917 bits per heavy atom. The second kappa shape index (κ2) is 22.0. The molecule has 0 saturated heterocycles. The van der Waals surface area contributed by atoms with Crippen LogP contribution in [0.25, 0.3) is 0 Å². The molecule has 0 amide bonds. The van der Waals surface area contributed by atoms with Crippen molar-refractivity contribution in [1.29, 1.82) is 0 Å². The summed E-state index contributed by atoms with van der Waals surface area (Å²) in [6.45, 7) is 5.35. The molecule has 12 heteroatoms. The predicted molar refractivity (Wildman–Crippen MR) is 155 cm³/mol. The summed E-state index contributed by atoms with van der Waals surface area (Å²) in [5.41, 5.74) is 8.61. The van der Waals surface area contributed by atoms with Crippen molar-refractivity contribution in [3.05, 3.63) is 92.3 Å². The first-order valence-electron chi connectivity index (χ1n) is 10.5. The Hall–Kier alpha value is -0.980. The Bertz CT molecular complexity index is 1060. The van der Waals surface area contributed by atoms with Crippen LogP contribution in [0.4, 0.5) is 0 Å². The lowest BCUT2D eigenvalue weighted by molar-refractivity contribution is -0.689. The number of hydrogen-bond donors (Lipinski definition) is 2.